The number of hydrogen-bond acceptors (Lipinski definition) is 4. The van der Waals surface area contributed by atoms with Crippen molar-refractivity contribution in [1.82, 2.24) is 14.5 Å². The van der Waals surface area contributed by atoms with Crippen LogP contribution in [0.25, 0.3) is 94.5 Å². The Balaban J connectivity index is 1.19. The highest BCUT2D eigenvalue weighted by molar-refractivity contribution is 6.13. The predicted molar refractivity (Wildman–Crippen MR) is 210 cm³/mol. The van der Waals surface area contributed by atoms with Gasteiger partial charge in [-0.15, -0.1) is 0 Å². The summed E-state index contributed by atoms with van der Waals surface area (Å²) in [5, 5.41) is 14.1. The molecule has 5 nitrogen and oxygen atoms in total. The van der Waals surface area contributed by atoms with Crippen LogP contribution in [0.5, 0.6) is 0 Å². The lowest BCUT2D eigenvalue weighted by molar-refractivity contribution is 0.670. The van der Waals surface area contributed by atoms with Crippen LogP contribution in [0.15, 0.2) is 174 Å². The van der Waals surface area contributed by atoms with Gasteiger partial charge in [-0.1, -0.05) is 121 Å². The molecule has 0 aliphatic carbocycles. The molecule has 0 fully saturated rings. The summed E-state index contributed by atoms with van der Waals surface area (Å²) in [6, 6.07) is 60.2. The van der Waals surface area contributed by atoms with Gasteiger partial charge in [0.15, 0.2) is 5.82 Å². The fraction of sp³-hybridized carbons (Fsp3) is 0. The van der Waals surface area contributed by atoms with Crippen LogP contribution in [0.4, 0.5) is 0 Å². The number of nitriles is 1. The van der Waals surface area contributed by atoms with E-state index in [1.165, 1.54) is 0 Å². The van der Waals surface area contributed by atoms with E-state index in [0.717, 1.165) is 88.6 Å². The van der Waals surface area contributed by atoms with Gasteiger partial charge >= 0.3 is 0 Å². The molecule has 0 radical (unpaired) electrons. The lowest BCUT2D eigenvalue weighted by atomic mass is 10.0. The number of aromatic nitrogens is 3. The van der Waals surface area contributed by atoms with E-state index in [1.54, 1.807) is 0 Å². The maximum atomic E-state index is 9.84. The molecule has 0 aliphatic rings. The van der Waals surface area contributed by atoms with Gasteiger partial charge in [0.1, 0.15) is 11.2 Å². The Labute approximate surface area is 299 Å². The highest BCUT2D eigenvalue weighted by Crippen LogP contribution is 2.40. The van der Waals surface area contributed by atoms with Crippen molar-refractivity contribution < 1.29 is 4.42 Å². The van der Waals surface area contributed by atoms with Crippen LogP contribution in [0, 0.1) is 11.3 Å². The van der Waals surface area contributed by atoms with Crippen LogP contribution < -0.4 is 0 Å². The Morgan fingerprint density at radius 2 is 1.17 bits per heavy atom. The largest absolute Gasteiger partial charge is 0.455 e. The Bertz CT molecular complexity index is 2970. The number of furan rings is 1. The second-order valence-electron chi connectivity index (χ2n) is 12.9. The van der Waals surface area contributed by atoms with Gasteiger partial charge in [0.2, 0.25) is 0 Å². The minimum absolute atomic E-state index is 0.621. The molecule has 0 N–H and O–H groups in total. The monoisotopic (exact) mass is 664 g/mol. The summed E-state index contributed by atoms with van der Waals surface area (Å²) in [5.74, 6) is 0.645. The van der Waals surface area contributed by atoms with Gasteiger partial charge in [-0.05, 0) is 54.1 Å². The maximum absolute atomic E-state index is 9.84. The molecule has 0 bridgehead atoms. The van der Waals surface area contributed by atoms with E-state index in [0.29, 0.717) is 11.4 Å². The number of fused-ring (bicyclic) bond motifs is 6. The first-order valence-corrected chi connectivity index (χ1v) is 17.2. The molecule has 242 valence electrons. The van der Waals surface area contributed by atoms with Crippen molar-refractivity contribution in [2.45, 2.75) is 0 Å². The topological polar surface area (TPSA) is 67.6 Å². The molecule has 0 saturated heterocycles. The van der Waals surface area contributed by atoms with E-state index in [9.17, 15) is 5.26 Å². The molecule has 52 heavy (non-hydrogen) atoms. The highest BCUT2D eigenvalue weighted by Gasteiger charge is 2.18. The molecule has 10 rings (SSSR count). The van der Waals surface area contributed by atoms with Crippen molar-refractivity contribution in [2.75, 3.05) is 0 Å². The minimum Gasteiger partial charge on any atom is -0.455 e. The van der Waals surface area contributed by atoms with Crippen molar-refractivity contribution in [2.24, 2.45) is 0 Å². The zero-order chi connectivity index (χ0) is 34.6. The van der Waals surface area contributed by atoms with Crippen molar-refractivity contribution in [1.29, 1.82) is 5.26 Å². The van der Waals surface area contributed by atoms with Gasteiger partial charge in [0, 0.05) is 49.5 Å². The average Bonchev–Trinajstić information content (AvgIpc) is 3.76. The molecular formula is C47H28N4O. The summed E-state index contributed by atoms with van der Waals surface area (Å²) in [7, 11) is 0. The molecule has 7 aromatic carbocycles. The summed E-state index contributed by atoms with van der Waals surface area (Å²) < 4.78 is 8.72. The summed E-state index contributed by atoms with van der Waals surface area (Å²) in [6.07, 6.45) is 0. The zero-order valence-corrected chi connectivity index (χ0v) is 27.9. The third-order valence-corrected chi connectivity index (χ3v) is 9.84. The second kappa shape index (κ2) is 11.9. The first kappa shape index (κ1) is 29.6. The molecule has 3 heterocycles. The summed E-state index contributed by atoms with van der Waals surface area (Å²) in [4.78, 5) is 10.2. The van der Waals surface area contributed by atoms with Crippen molar-refractivity contribution in [3.63, 3.8) is 0 Å². The standard InChI is InChI=1S/C47H28N4O/c48-29-30-21-24-43-40(25-30)37-23-22-33(36-18-10-19-39-38-17-7-8-20-45(38)52-46(36)39)27-44(37)51(43)35-16-9-15-34(26-35)47-49-41(31-11-3-1-4-12-31)28-42(50-47)32-13-5-2-6-14-32/h1-28H. The lowest BCUT2D eigenvalue weighted by Crippen LogP contribution is -1.98. The van der Waals surface area contributed by atoms with E-state index in [-0.39, 0.29) is 0 Å². The first-order valence-electron chi connectivity index (χ1n) is 17.2. The van der Waals surface area contributed by atoms with Gasteiger partial charge in [-0.2, -0.15) is 5.26 Å². The van der Waals surface area contributed by atoms with Crippen LogP contribution in [-0.2, 0) is 0 Å². The number of rotatable bonds is 5. The Morgan fingerprint density at radius 3 is 1.94 bits per heavy atom. The SMILES string of the molecule is N#Cc1ccc2c(c1)c1ccc(-c3cccc4c3oc3ccccc34)cc1n2-c1cccc(-c2nc(-c3ccccc3)cc(-c3ccccc3)n2)c1. The molecule has 10 aromatic rings. The molecule has 3 aromatic heterocycles. The molecule has 0 aliphatic heterocycles. The molecule has 0 unspecified atom stereocenters. The maximum Gasteiger partial charge on any atom is 0.160 e. The smallest absolute Gasteiger partial charge is 0.160 e. The van der Waals surface area contributed by atoms with Crippen LogP contribution in [0.2, 0.25) is 0 Å². The van der Waals surface area contributed by atoms with Crippen LogP contribution in [0.3, 0.4) is 0 Å². The Hall–Kier alpha value is -7.29. The van der Waals surface area contributed by atoms with Gasteiger partial charge in [0.05, 0.1) is 34.1 Å². The van der Waals surface area contributed by atoms with Gasteiger partial charge in [0.25, 0.3) is 0 Å². The number of hydrogen-bond donors (Lipinski definition) is 0. The van der Waals surface area contributed by atoms with Crippen molar-refractivity contribution in [3.8, 4) is 56.8 Å². The van der Waals surface area contributed by atoms with Crippen LogP contribution in [-0.4, -0.2) is 14.5 Å². The molecule has 5 heteroatoms. The minimum atomic E-state index is 0.621. The molecule has 0 atom stereocenters. The first-order chi connectivity index (χ1) is 25.7. The fourth-order valence-corrected chi connectivity index (χ4v) is 7.38. The van der Waals surface area contributed by atoms with E-state index in [2.05, 4.69) is 108 Å². The van der Waals surface area contributed by atoms with Crippen molar-refractivity contribution in [3.05, 3.63) is 175 Å². The van der Waals surface area contributed by atoms with E-state index in [1.807, 2.05) is 72.8 Å². The summed E-state index contributed by atoms with van der Waals surface area (Å²) >= 11 is 0. The average molecular weight is 665 g/mol. The predicted octanol–water partition coefficient (Wildman–Crippen LogP) is 12.0. The Morgan fingerprint density at radius 1 is 0.481 bits per heavy atom. The number of benzene rings is 7. The summed E-state index contributed by atoms with van der Waals surface area (Å²) in [5.41, 5.74) is 12.1. The van der Waals surface area contributed by atoms with E-state index < -0.39 is 0 Å². The van der Waals surface area contributed by atoms with Gasteiger partial charge in [-0.25, -0.2) is 9.97 Å². The molecular weight excluding hydrogens is 637 g/mol. The second-order valence-corrected chi connectivity index (χ2v) is 12.9. The lowest BCUT2D eigenvalue weighted by Gasteiger charge is -2.12. The van der Waals surface area contributed by atoms with E-state index in [4.69, 9.17) is 14.4 Å². The normalized spacial score (nSPS) is 11.4. The summed E-state index contributed by atoms with van der Waals surface area (Å²) in [6.45, 7) is 0. The van der Waals surface area contributed by atoms with Gasteiger partial charge < -0.3 is 8.98 Å². The third kappa shape index (κ3) is 4.86. The zero-order valence-electron chi connectivity index (χ0n) is 27.9. The quantitative estimate of drug-likeness (QED) is 0.184. The number of para-hydroxylation sites is 2. The molecule has 0 spiro atoms. The number of nitrogens with zero attached hydrogens (tertiary/aromatic N) is 4. The van der Waals surface area contributed by atoms with E-state index >= 15 is 0 Å². The third-order valence-electron chi connectivity index (χ3n) is 9.84. The van der Waals surface area contributed by atoms with Crippen LogP contribution in [0.1, 0.15) is 5.56 Å². The van der Waals surface area contributed by atoms with Crippen molar-refractivity contribution >= 4 is 43.7 Å². The fourth-order valence-electron chi connectivity index (χ4n) is 7.38. The molecule has 0 saturated carbocycles. The Kier molecular flexibility index (Phi) is 6.80. The van der Waals surface area contributed by atoms with Crippen LogP contribution >= 0.6 is 0 Å². The van der Waals surface area contributed by atoms with Gasteiger partial charge in [-0.3, -0.25) is 0 Å². The molecule has 0 amide bonds. The highest BCUT2D eigenvalue weighted by atomic mass is 16.3.